The summed E-state index contributed by atoms with van der Waals surface area (Å²) in [7, 11) is 1.37. The highest BCUT2D eigenvalue weighted by atomic mass is 79.9. The number of halogens is 2. The van der Waals surface area contributed by atoms with E-state index in [0.717, 1.165) is 15.6 Å². The highest BCUT2D eigenvalue weighted by Gasteiger charge is 2.36. The van der Waals surface area contributed by atoms with Crippen molar-refractivity contribution in [3.63, 3.8) is 0 Å². The molecule has 1 N–H and O–H groups in total. The fourth-order valence-electron chi connectivity index (χ4n) is 3.63. The molecule has 10 heteroatoms. The number of thioether (sulfide) groups is 1. The van der Waals surface area contributed by atoms with Crippen molar-refractivity contribution in [1.82, 2.24) is 14.8 Å². The van der Waals surface area contributed by atoms with Crippen molar-refractivity contribution < 1.29 is 14.3 Å². The highest BCUT2D eigenvalue weighted by Crippen LogP contribution is 2.41. The fraction of sp³-hybridized carbons (Fsp3) is 0.261. The van der Waals surface area contributed by atoms with Crippen LogP contribution in [0.3, 0.4) is 0 Å². The van der Waals surface area contributed by atoms with Crippen molar-refractivity contribution in [2.75, 3.05) is 19.0 Å². The molecule has 0 spiro atoms. The largest absolute Gasteiger partial charge is 0.494 e. The Balaban J connectivity index is 1.77. The smallest absolute Gasteiger partial charge is 0.338 e. The zero-order chi connectivity index (χ0) is 23.5. The van der Waals surface area contributed by atoms with Gasteiger partial charge in [-0.3, -0.25) is 0 Å². The zero-order valence-corrected chi connectivity index (χ0v) is 21.4. The summed E-state index contributed by atoms with van der Waals surface area (Å²) in [6.07, 6.45) is 0. The Labute approximate surface area is 209 Å². The summed E-state index contributed by atoms with van der Waals surface area (Å²) >= 11 is 11.3. The topological polar surface area (TPSA) is 78.3 Å². The van der Waals surface area contributed by atoms with E-state index in [1.807, 2.05) is 56.3 Å². The minimum absolute atomic E-state index is 0.441. The van der Waals surface area contributed by atoms with Gasteiger partial charge in [-0.15, -0.1) is 5.10 Å². The predicted molar refractivity (Wildman–Crippen MR) is 133 cm³/mol. The van der Waals surface area contributed by atoms with Gasteiger partial charge in [0.2, 0.25) is 11.1 Å². The lowest BCUT2D eigenvalue weighted by atomic mass is 9.95. The summed E-state index contributed by atoms with van der Waals surface area (Å²) in [5, 5.41) is 9.20. The molecule has 0 saturated heterocycles. The molecule has 0 radical (unpaired) electrons. The molecule has 172 valence electrons. The molecule has 1 unspecified atom stereocenters. The van der Waals surface area contributed by atoms with Crippen LogP contribution in [0.2, 0.25) is 5.02 Å². The van der Waals surface area contributed by atoms with Crippen molar-refractivity contribution >= 4 is 51.2 Å². The summed E-state index contributed by atoms with van der Waals surface area (Å²) < 4.78 is 13.6. The second-order valence-corrected chi connectivity index (χ2v) is 9.48. The fourth-order valence-corrected chi connectivity index (χ4v) is 5.13. The molecule has 1 aromatic heterocycles. The van der Waals surface area contributed by atoms with E-state index in [1.165, 1.54) is 18.9 Å². The lowest BCUT2D eigenvalue weighted by Gasteiger charge is -2.29. The molecule has 1 aliphatic rings. The first-order valence-corrected chi connectivity index (χ1v) is 12.4. The van der Waals surface area contributed by atoms with Crippen LogP contribution in [0.4, 0.5) is 5.95 Å². The Morgan fingerprint density at radius 3 is 2.82 bits per heavy atom. The third-order valence-electron chi connectivity index (χ3n) is 5.12. The maximum Gasteiger partial charge on any atom is 0.338 e. The molecule has 0 saturated carbocycles. The monoisotopic (exact) mass is 548 g/mol. The Morgan fingerprint density at radius 2 is 2.09 bits per heavy atom. The second-order valence-electron chi connectivity index (χ2n) is 7.22. The van der Waals surface area contributed by atoms with E-state index in [0.29, 0.717) is 45.5 Å². The van der Waals surface area contributed by atoms with Gasteiger partial charge in [-0.25, -0.2) is 9.48 Å². The molecule has 7 nitrogen and oxygen atoms in total. The molecular weight excluding hydrogens is 528 g/mol. The van der Waals surface area contributed by atoms with Crippen LogP contribution < -0.4 is 10.1 Å². The third kappa shape index (κ3) is 4.90. The summed E-state index contributed by atoms with van der Waals surface area (Å²) in [5.74, 6) is 1.37. The second kappa shape index (κ2) is 10.2. The van der Waals surface area contributed by atoms with Gasteiger partial charge in [0.05, 0.1) is 19.3 Å². The quantitative estimate of drug-likeness (QED) is 0.293. The van der Waals surface area contributed by atoms with E-state index < -0.39 is 12.0 Å². The third-order valence-corrected chi connectivity index (χ3v) is 6.87. The van der Waals surface area contributed by atoms with Crippen molar-refractivity contribution in [3.8, 4) is 5.75 Å². The minimum Gasteiger partial charge on any atom is -0.494 e. The first-order chi connectivity index (χ1) is 15.9. The average Bonchev–Trinajstić information content (AvgIpc) is 3.21. The van der Waals surface area contributed by atoms with Crippen LogP contribution in [-0.4, -0.2) is 34.5 Å². The Hall–Kier alpha value is -2.49. The number of esters is 1. The van der Waals surface area contributed by atoms with Crippen molar-refractivity contribution in [2.24, 2.45) is 0 Å². The molecule has 1 atom stereocenters. The summed E-state index contributed by atoms with van der Waals surface area (Å²) in [6.45, 7) is 4.23. The number of benzene rings is 2. The van der Waals surface area contributed by atoms with Gasteiger partial charge in [0.25, 0.3) is 0 Å². The maximum atomic E-state index is 12.8. The van der Waals surface area contributed by atoms with Gasteiger partial charge in [-0.1, -0.05) is 57.5 Å². The minimum atomic E-state index is -0.574. The number of ether oxygens (including phenoxy) is 2. The molecule has 0 amide bonds. The molecule has 2 heterocycles. The molecule has 1 aliphatic heterocycles. The van der Waals surface area contributed by atoms with Gasteiger partial charge in [0, 0.05) is 26.5 Å². The number of anilines is 1. The number of hydrogen-bond acceptors (Lipinski definition) is 7. The molecule has 33 heavy (non-hydrogen) atoms. The van der Waals surface area contributed by atoms with Crippen LogP contribution in [-0.2, 0) is 15.3 Å². The average molecular weight is 550 g/mol. The van der Waals surface area contributed by atoms with Crippen LogP contribution in [0, 0.1) is 0 Å². The molecule has 3 aromatic rings. The zero-order valence-electron chi connectivity index (χ0n) is 18.3. The van der Waals surface area contributed by atoms with Crippen molar-refractivity contribution in [3.05, 3.63) is 74.4 Å². The van der Waals surface area contributed by atoms with Crippen LogP contribution in [0.1, 0.15) is 31.0 Å². The van der Waals surface area contributed by atoms with Crippen LogP contribution in [0.25, 0.3) is 0 Å². The number of nitrogens with one attached hydrogen (secondary N) is 1. The number of hydrogen-bond donors (Lipinski definition) is 1. The number of carbonyl (C=O) groups is 1. The van der Waals surface area contributed by atoms with Crippen LogP contribution in [0.15, 0.2) is 63.4 Å². The number of allylic oxidation sites excluding steroid dienone is 1. The van der Waals surface area contributed by atoms with E-state index in [1.54, 1.807) is 4.68 Å². The number of aromatic nitrogens is 3. The SMILES string of the molecule is CCOc1ccc(Br)cc1C1C(C(=O)OC)=C(C)Nc2nc(SCc3ccccc3Cl)nn21. The first kappa shape index (κ1) is 23.7. The van der Waals surface area contributed by atoms with E-state index in [-0.39, 0.29) is 0 Å². The normalized spacial score (nSPS) is 15.1. The maximum absolute atomic E-state index is 12.8. The molecule has 2 aromatic carbocycles. The first-order valence-electron chi connectivity index (χ1n) is 10.2. The van der Waals surface area contributed by atoms with Crippen molar-refractivity contribution in [2.45, 2.75) is 30.8 Å². The number of carbonyl (C=O) groups excluding carboxylic acids is 1. The van der Waals surface area contributed by atoms with Gasteiger partial charge in [-0.05, 0) is 43.7 Å². The lowest BCUT2D eigenvalue weighted by molar-refractivity contribution is -0.136. The van der Waals surface area contributed by atoms with Crippen molar-refractivity contribution in [1.29, 1.82) is 0 Å². The van der Waals surface area contributed by atoms with Gasteiger partial charge < -0.3 is 14.8 Å². The lowest BCUT2D eigenvalue weighted by Crippen LogP contribution is -2.29. The van der Waals surface area contributed by atoms with E-state index in [9.17, 15) is 4.79 Å². The molecule has 0 aliphatic carbocycles. The standard InChI is InChI=1S/C23H22BrClN4O3S/c1-4-32-18-10-9-15(24)11-16(18)20-19(21(30)31-3)13(2)26-22-27-23(28-29(20)22)33-12-14-7-5-6-8-17(14)25/h5-11,20H,4,12H2,1-3H3,(H,26,27,28). The number of nitrogens with zero attached hydrogens (tertiary/aromatic N) is 3. The van der Waals surface area contributed by atoms with Crippen LogP contribution >= 0.6 is 39.3 Å². The predicted octanol–water partition coefficient (Wildman–Crippen LogP) is 5.85. The molecule has 0 fully saturated rings. The summed E-state index contributed by atoms with van der Waals surface area (Å²) in [4.78, 5) is 17.5. The number of fused-ring (bicyclic) bond motifs is 1. The number of rotatable bonds is 7. The van der Waals surface area contributed by atoms with Gasteiger partial charge in [-0.2, -0.15) is 4.98 Å². The number of methoxy groups -OCH3 is 1. The van der Waals surface area contributed by atoms with Crippen LogP contribution in [0.5, 0.6) is 5.75 Å². The van der Waals surface area contributed by atoms with E-state index in [2.05, 4.69) is 26.2 Å². The molecule has 0 bridgehead atoms. The molecule has 4 rings (SSSR count). The molecular formula is C23H22BrClN4O3S. The van der Waals surface area contributed by atoms with E-state index in [4.69, 9.17) is 26.2 Å². The summed E-state index contributed by atoms with van der Waals surface area (Å²) in [6, 6.07) is 12.8. The van der Waals surface area contributed by atoms with E-state index >= 15 is 0 Å². The van der Waals surface area contributed by atoms with Gasteiger partial charge in [0.15, 0.2) is 0 Å². The Bertz CT molecular complexity index is 1230. The highest BCUT2D eigenvalue weighted by molar-refractivity contribution is 9.10. The van der Waals surface area contributed by atoms with Gasteiger partial charge in [0.1, 0.15) is 11.8 Å². The Morgan fingerprint density at radius 1 is 1.30 bits per heavy atom. The van der Waals surface area contributed by atoms with Gasteiger partial charge >= 0.3 is 5.97 Å². The Kier molecular flexibility index (Phi) is 7.31. The summed E-state index contributed by atoms with van der Waals surface area (Å²) in [5.41, 5.74) is 2.87.